The molecule has 0 fully saturated rings. The van der Waals surface area contributed by atoms with E-state index in [1.807, 2.05) is 36.1 Å². The van der Waals surface area contributed by atoms with Gasteiger partial charge in [-0.05, 0) is 17.7 Å². The standard InChI is InChI=1S/C19H19N3O2/c1-2-16-17(20-13-24-16)19(23)22-12-11-21-10-6-9-15(21)18(22)14-7-4-3-5-8-14/h3-10,13,18H,2,11-12H2,1H3/t18-/m0/s1. The number of fused-ring (bicyclic) bond motifs is 1. The highest BCUT2D eigenvalue weighted by Gasteiger charge is 2.34. The molecule has 24 heavy (non-hydrogen) atoms. The Morgan fingerprint density at radius 1 is 1.21 bits per heavy atom. The van der Waals surface area contributed by atoms with E-state index in [1.54, 1.807) is 0 Å². The number of oxazole rings is 1. The van der Waals surface area contributed by atoms with Gasteiger partial charge in [0.2, 0.25) is 0 Å². The molecular formula is C19H19N3O2. The maximum Gasteiger partial charge on any atom is 0.277 e. The summed E-state index contributed by atoms with van der Waals surface area (Å²) < 4.78 is 7.57. The third-order valence-corrected chi connectivity index (χ3v) is 4.58. The molecule has 2 aromatic heterocycles. The van der Waals surface area contributed by atoms with Gasteiger partial charge in [-0.25, -0.2) is 4.98 Å². The second-order valence-corrected chi connectivity index (χ2v) is 5.92. The Kier molecular flexibility index (Phi) is 3.69. The topological polar surface area (TPSA) is 51.3 Å². The van der Waals surface area contributed by atoms with Gasteiger partial charge in [-0.15, -0.1) is 0 Å². The van der Waals surface area contributed by atoms with Crippen LogP contribution in [0.1, 0.15) is 40.5 Å². The monoisotopic (exact) mass is 321 g/mol. The zero-order chi connectivity index (χ0) is 16.5. The van der Waals surface area contributed by atoms with Crippen LogP contribution >= 0.6 is 0 Å². The van der Waals surface area contributed by atoms with Gasteiger partial charge in [0.15, 0.2) is 12.1 Å². The highest BCUT2D eigenvalue weighted by Crippen LogP contribution is 2.33. The fourth-order valence-corrected chi connectivity index (χ4v) is 3.42. The molecule has 1 aliphatic heterocycles. The Labute approximate surface area is 140 Å². The number of rotatable bonds is 3. The van der Waals surface area contributed by atoms with Crippen LogP contribution in [-0.4, -0.2) is 26.9 Å². The van der Waals surface area contributed by atoms with Crippen molar-refractivity contribution in [3.8, 4) is 0 Å². The third-order valence-electron chi connectivity index (χ3n) is 4.58. The number of nitrogens with zero attached hydrogens (tertiary/aromatic N) is 3. The lowest BCUT2D eigenvalue weighted by Crippen LogP contribution is -2.42. The molecule has 0 radical (unpaired) electrons. The van der Waals surface area contributed by atoms with Gasteiger partial charge in [-0.1, -0.05) is 37.3 Å². The van der Waals surface area contributed by atoms with E-state index in [2.05, 4.69) is 33.9 Å². The molecule has 0 saturated heterocycles. The Morgan fingerprint density at radius 2 is 2.04 bits per heavy atom. The Morgan fingerprint density at radius 3 is 2.83 bits per heavy atom. The molecule has 1 aromatic carbocycles. The lowest BCUT2D eigenvalue weighted by Gasteiger charge is -2.37. The van der Waals surface area contributed by atoms with E-state index in [0.29, 0.717) is 24.4 Å². The number of benzene rings is 1. The first-order valence-electron chi connectivity index (χ1n) is 8.23. The maximum atomic E-state index is 13.2. The second kappa shape index (κ2) is 6.00. The summed E-state index contributed by atoms with van der Waals surface area (Å²) in [6.07, 6.45) is 4.08. The van der Waals surface area contributed by atoms with E-state index in [1.165, 1.54) is 6.39 Å². The highest BCUT2D eigenvalue weighted by atomic mass is 16.3. The van der Waals surface area contributed by atoms with Crippen LogP contribution in [0.4, 0.5) is 0 Å². The average molecular weight is 321 g/mol. The predicted octanol–water partition coefficient (Wildman–Crippen LogP) is 3.28. The quantitative estimate of drug-likeness (QED) is 0.744. The molecule has 0 spiro atoms. The summed E-state index contributed by atoms with van der Waals surface area (Å²) in [5, 5.41) is 0. The van der Waals surface area contributed by atoms with Crippen molar-refractivity contribution in [3.05, 3.63) is 77.8 Å². The zero-order valence-corrected chi connectivity index (χ0v) is 13.6. The molecule has 4 rings (SSSR count). The summed E-state index contributed by atoms with van der Waals surface area (Å²) in [4.78, 5) is 19.2. The van der Waals surface area contributed by atoms with Gasteiger partial charge in [0.1, 0.15) is 5.76 Å². The van der Waals surface area contributed by atoms with Gasteiger partial charge < -0.3 is 13.9 Å². The summed E-state index contributed by atoms with van der Waals surface area (Å²) in [6.45, 7) is 3.40. The molecule has 5 nitrogen and oxygen atoms in total. The molecule has 3 aromatic rings. The van der Waals surface area contributed by atoms with Gasteiger partial charge in [0.05, 0.1) is 6.04 Å². The van der Waals surface area contributed by atoms with E-state index < -0.39 is 0 Å². The SMILES string of the molecule is CCc1ocnc1C(=O)N1CCn2cccc2[C@@H]1c1ccccc1. The van der Waals surface area contributed by atoms with Crippen molar-refractivity contribution in [2.75, 3.05) is 6.54 Å². The van der Waals surface area contributed by atoms with Crippen molar-refractivity contribution in [1.82, 2.24) is 14.5 Å². The first kappa shape index (κ1) is 14.8. The molecule has 0 bridgehead atoms. The van der Waals surface area contributed by atoms with Crippen LogP contribution < -0.4 is 0 Å². The van der Waals surface area contributed by atoms with E-state index in [4.69, 9.17) is 4.42 Å². The molecule has 1 amide bonds. The Bertz CT molecular complexity index is 850. The molecule has 3 heterocycles. The van der Waals surface area contributed by atoms with Gasteiger partial charge in [0.25, 0.3) is 5.91 Å². The summed E-state index contributed by atoms with van der Waals surface area (Å²) in [6, 6.07) is 14.1. The number of carbonyl (C=O) groups is 1. The molecular weight excluding hydrogens is 302 g/mol. The van der Waals surface area contributed by atoms with E-state index >= 15 is 0 Å². The molecule has 0 aliphatic carbocycles. The van der Waals surface area contributed by atoms with Crippen molar-refractivity contribution < 1.29 is 9.21 Å². The predicted molar refractivity (Wildman–Crippen MR) is 89.6 cm³/mol. The molecule has 0 unspecified atom stereocenters. The lowest BCUT2D eigenvalue weighted by molar-refractivity contribution is 0.0656. The molecule has 1 aliphatic rings. The summed E-state index contributed by atoms with van der Waals surface area (Å²) in [5.41, 5.74) is 2.66. The molecule has 5 heteroatoms. The van der Waals surface area contributed by atoms with Crippen LogP contribution in [0, 0.1) is 0 Å². The Balaban J connectivity index is 1.78. The second-order valence-electron chi connectivity index (χ2n) is 5.92. The number of hydrogen-bond donors (Lipinski definition) is 0. The van der Waals surface area contributed by atoms with Crippen molar-refractivity contribution in [1.29, 1.82) is 0 Å². The Hall–Kier alpha value is -2.82. The van der Waals surface area contributed by atoms with E-state index in [0.717, 1.165) is 17.8 Å². The smallest absolute Gasteiger partial charge is 0.277 e. The summed E-state index contributed by atoms with van der Waals surface area (Å²) in [7, 11) is 0. The fraction of sp³-hybridized carbons (Fsp3) is 0.263. The third kappa shape index (κ3) is 2.33. The first-order chi connectivity index (χ1) is 11.8. The van der Waals surface area contributed by atoms with E-state index in [9.17, 15) is 4.79 Å². The number of hydrogen-bond acceptors (Lipinski definition) is 3. The normalized spacial score (nSPS) is 16.9. The van der Waals surface area contributed by atoms with Crippen molar-refractivity contribution in [2.24, 2.45) is 0 Å². The largest absolute Gasteiger partial charge is 0.448 e. The molecule has 0 N–H and O–H groups in total. The minimum Gasteiger partial charge on any atom is -0.448 e. The fourth-order valence-electron chi connectivity index (χ4n) is 3.42. The van der Waals surface area contributed by atoms with Gasteiger partial charge in [-0.3, -0.25) is 4.79 Å². The lowest BCUT2D eigenvalue weighted by atomic mass is 9.99. The molecule has 1 atom stereocenters. The zero-order valence-electron chi connectivity index (χ0n) is 13.6. The maximum absolute atomic E-state index is 13.2. The molecule has 122 valence electrons. The van der Waals surface area contributed by atoms with E-state index in [-0.39, 0.29) is 11.9 Å². The van der Waals surface area contributed by atoms with Gasteiger partial charge in [0, 0.05) is 31.4 Å². The van der Waals surface area contributed by atoms with Crippen molar-refractivity contribution in [3.63, 3.8) is 0 Å². The van der Waals surface area contributed by atoms with Gasteiger partial charge in [-0.2, -0.15) is 0 Å². The van der Waals surface area contributed by atoms with Crippen LogP contribution in [0.5, 0.6) is 0 Å². The van der Waals surface area contributed by atoms with Crippen LogP contribution in [-0.2, 0) is 13.0 Å². The summed E-state index contributed by atoms with van der Waals surface area (Å²) in [5.74, 6) is 0.578. The van der Waals surface area contributed by atoms with Gasteiger partial charge >= 0.3 is 0 Å². The van der Waals surface area contributed by atoms with Crippen LogP contribution in [0.3, 0.4) is 0 Å². The van der Waals surface area contributed by atoms with Crippen molar-refractivity contribution in [2.45, 2.75) is 25.9 Å². The number of aromatic nitrogens is 2. The van der Waals surface area contributed by atoms with Crippen LogP contribution in [0.15, 0.2) is 59.5 Å². The number of amides is 1. The number of carbonyl (C=O) groups excluding carboxylic acids is 1. The average Bonchev–Trinajstić information content (AvgIpc) is 3.29. The highest BCUT2D eigenvalue weighted by molar-refractivity contribution is 5.93. The minimum atomic E-state index is -0.108. The first-order valence-corrected chi connectivity index (χ1v) is 8.23. The minimum absolute atomic E-state index is 0.0677. The number of aryl methyl sites for hydroxylation is 1. The van der Waals surface area contributed by atoms with Crippen LogP contribution in [0.2, 0.25) is 0 Å². The van der Waals surface area contributed by atoms with Crippen LogP contribution in [0.25, 0.3) is 0 Å². The summed E-state index contributed by atoms with van der Waals surface area (Å²) >= 11 is 0. The molecule has 0 saturated carbocycles. The van der Waals surface area contributed by atoms with Crippen molar-refractivity contribution >= 4 is 5.91 Å².